The lowest BCUT2D eigenvalue weighted by Gasteiger charge is -2.14. The van der Waals surface area contributed by atoms with Crippen molar-refractivity contribution in [3.63, 3.8) is 0 Å². The second kappa shape index (κ2) is 23.1. The topological polar surface area (TPSA) is 40.5 Å². The molecule has 5 aromatic rings. The molecule has 0 fully saturated rings. The maximum atomic E-state index is 8.88. The zero-order valence-electron chi connectivity index (χ0n) is 23.6. The van der Waals surface area contributed by atoms with Gasteiger partial charge in [-0.25, -0.2) is 0 Å². The lowest BCUT2D eigenvalue weighted by molar-refractivity contribution is 0.425. The van der Waals surface area contributed by atoms with Crippen molar-refractivity contribution >= 4 is 103 Å². The van der Waals surface area contributed by atoms with Crippen LogP contribution in [0.1, 0.15) is 22.3 Å². The molecule has 0 aliphatic heterocycles. The SMILES string of the molecule is C.C.C.CSc1ccccc1-c1cccc(-c2ccccc2SC)c1Cl.CSc1ccccc1B(O)O.Clc1c(Br)cccc1Br. The summed E-state index contributed by atoms with van der Waals surface area (Å²) >= 11 is 24.2. The Kier molecular flexibility index (Phi) is 22.4. The molecule has 0 spiro atoms. The van der Waals surface area contributed by atoms with Gasteiger partial charge in [0.25, 0.3) is 0 Å². The van der Waals surface area contributed by atoms with Crippen LogP contribution in [0.4, 0.5) is 0 Å². The maximum Gasteiger partial charge on any atom is 0.489 e. The van der Waals surface area contributed by atoms with Crippen LogP contribution >= 0.6 is 90.3 Å². The molecule has 0 radical (unpaired) electrons. The van der Waals surface area contributed by atoms with Crippen molar-refractivity contribution in [2.24, 2.45) is 0 Å². The van der Waals surface area contributed by atoms with Crippen molar-refractivity contribution in [3.8, 4) is 22.3 Å². The molecule has 5 rings (SSSR count). The highest BCUT2D eigenvalue weighted by molar-refractivity contribution is 9.11. The van der Waals surface area contributed by atoms with Crippen molar-refractivity contribution in [3.05, 3.63) is 128 Å². The fourth-order valence-electron chi connectivity index (χ4n) is 4.04. The molecule has 2 nitrogen and oxygen atoms in total. The summed E-state index contributed by atoms with van der Waals surface area (Å²) in [6.07, 6.45) is 6.10. The Morgan fingerprint density at radius 3 is 1.20 bits per heavy atom. The van der Waals surface area contributed by atoms with Gasteiger partial charge in [0, 0.05) is 34.8 Å². The average molecular weight is 843 g/mol. The summed E-state index contributed by atoms with van der Waals surface area (Å²) in [5.74, 6) is 0. The van der Waals surface area contributed by atoms with Crippen molar-refractivity contribution in [1.29, 1.82) is 0 Å². The molecule has 0 aliphatic rings. The van der Waals surface area contributed by atoms with Gasteiger partial charge in [-0.3, -0.25) is 0 Å². The van der Waals surface area contributed by atoms with Crippen LogP contribution < -0.4 is 5.46 Å². The monoisotopic (exact) mass is 840 g/mol. The fourth-order valence-corrected chi connectivity index (χ4v) is 7.34. The van der Waals surface area contributed by atoms with Crippen molar-refractivity contribution in [2.45, 2.75) is 37.0 Å². The van der Waals surface area contributed by atoms with E-state index in [2.05, 4.69) is 111 Å². The largest absolute Gasteiger partial charge is 0.489 e. The van der Waals surface area contributed by atoms with E-state index >= 15 is 0 Å². The number of hydrogen-bond donors (Lipinski definition) is 2. The standard InChI is InChI=1S/C20H17ClS2.C7H9BO2S.C6H3Br2Cl.3CH4/c1-22-18-12-5-3-8-14(18)16-10-7-11-17(20(16)21)15-9-4-6-13-19(15)23-2;1-11-7-5-3-2-4-6(7)8(9)10;7-4-2-1-3-5(8)6(4)9;;;/h3-13H,1-2H3;2-5,9-10H,1H3;1-3H;3*1H4. The molecule has 0 saturated carbocycles. The first kappa shape index (κ1) is 44.7. The molecular weight excluding hydrogens is 802 g/mol. The third-order valence-corrected chi connectivity index (χ3v) is 11.1. The minimum absolute atomic E-state index is 0. The van der Waals surface area contributed by atoms with Gasteiger partial charge in [0.2, 0.25) is 0 Å². The molecule has 0 saturated heterocycles. The van der Waals surface area contributed by atoms with E-state index in [9.17, 15) is 0 Å². The molecule has 10 heteroatoms. The first-order valence-corrected chi connectivity index (χ1v) is 18.9. The molecule has 0 heterocycles. The van der Waals surface area contributed by atoms with Crippen LogP contribution in [-0.4, -0.2) is 35.9 Å². The molecule has 0 aliphatic carbocycles. The third kappa shape index (κ3) is 12.3. The zero-order valence-corrected chi connectivity index (χ0v) is 30.7. The molecular formula is C36H41BBr2Cl2O2S3. The van der Waals surface area contributed by atoms with E-state index in [1.165, 1.54) is 32.7 Å². The van der Waals surface area contributed by atoms with Crippen molar-refractivity contribution in [2.75, 3.05) is 18.8 Å². The quantitative estimate of drug-likeness (QED) is 0.101. The first-order chi connectivity index (χ1) is 20.7. The van der Waals surface area contributed by atoms with E-state index in [0.717, 1.165) is 35.0 Å². The second-order valence-electron chi connectivity index (χ2n) is 8.72. The van der Waals surface area contributed by atoms with Crippen molar-refractivity contribution < 1.29 is 10.0 Å². The highest BCUT2D eigenvalue weighted by Gasteiger charge is 2.15. The summed E-state index contributed by atoms with van der Waals surface area (Å²) in [6, 6.07) is 36.0. The smallest absolute Gasteiger partial charge is 0.423 e. The van der Waals surface area contributed by atoms with Gasteiger partial charge in [-0.05, 0) is 97.5 Å². The lowest BCUT2D eigenvalue weighted by atomic mass is 9.80. The molecule has 0 aromatic heterocycles. The summed E-state index contributed by atoms with van der Waals surface area (Å²) in [5, 5.41) is 19.3. The molecule has 46 heavy (non-hydrogen) atoms. The minimum atomic E-state index is -1.36. The van der Waals surface area contributed by atoms with E-state index < -0.39 is 7.12 Å². The van der Waals surface area contributed by atoms with E-state index in [1.54, 1.807) is 35.7 Å². The normalized spacial score (nSPS) is 9.59. The van der Waals surface area contributed by atoms with Crippen LogP contribution in [0, 0.1) is 0 Å². The van der Waals surface area contributed by atoms with Gasteiger partial charge in [-0.15, -0.1) is 35.3 Å². The number of halogens is 4. The van der Waals surface area contributed by atoms with Crippen LogP contribution in [0.15, 0.2) is 133 Å². The summed E-state index contributed by atoms with van der Waals surface area (Å²) in [7, 11) is -1.36. The molecule has 0 unspecified atom stereocenters. The van der Waals surface area contributed by atoms with Gasteiger partial charge in [0.05, 0.1) is 10.0 Å². The molecule has 2 N–H and O–H groups in total. The molecule has 246 valence electrons. The summed E-state index contributed by atoms with van der Waals surface area (Å²) in [4.78, 5) is 3.39. The van der Waals surface area contributed by atoms with Crippen LogP contribution in [0.2, 0.25) is 10.0 Å². The number of hydrogen-bond acceptors (Lipinski definition) is 5. The first-order valence-electron chi connectivity index (χ1n) is 12.9. The van der Waals surface area contributed by atoms with Gasteiger partial charge in [0.1, 0.15) is 0 Å². The van der Waals surface area contributed by atoms with Gasteiger partial charge in [-0.2, -0.15) is 0 Å². The Morgan fingerprint density at radius 1 is 0.478 bits per heavy atom. The van der Waals surface area contributed by atoms with E-state index in [1.807, 2.05) is 36.6 Å². The second-order valence-corrected chi connectivity index (χ2v) is 13.7. The highest BCUT2D eigenvalue weighted by Crippen LogP contribution is 2.41. The molecule has 0 amide bonds. The summed E-state index contributed by atoms with van der Waals surface area (Å²) < 4.78 is 1.83. The Bertz CT molecular complexity index is 1560. The van der Waals surface area contributed by atoms with Gasteiger partial charge >= 0.3 is 7.12 Å². The number of rotatable bonds is 6. The van der Waals surface area contributed by atoms with Gasteiger partial charge in [-0.1, -0.05) is 124 Å². The maximum absolute atomic E-state index is 8.88. The highest BCUT2D eigenvalue weighted by atomic mass is 79.9. The summed E-state index contributed by atoms with van der Waals surface area (Å²) in [6.45, 7) is 0. The number of benzene rings is 5. The van der Waals surface area contributed by atoms with Crippen LogP contribution in [0.3, 0.4) is 0 Å². The van der Waals surface area contributed by atoms with E-state index in [0.29, 0.717) is 5.46 Å². The molecule has 5 aromatic carbocycles. The zero-order chi connectivity index (χ0) is 31.4. The minimum Gasteiger partial charge on any atom is -0.423 e. The Labute approximate surface area is 316 Å². The van der Waals surface area contributed by atoms with Crippen LogP contribution in [0.25, 0.3) is 22.3 Å². The third-order valence-electron chi connectivity index (χ3n) is 6.11. The van der Waals surface area contributed by atoms with Crippen molar-refractivity contribution in [1.82, 2.24) is 0 Å². The Morgan fingerprint density at radius 2 is 0.826 bits per heavy atom. The molecule has 0 atom stereocenters. The predicted molar refractivity (Wildman–Crippen MR) is 221 cm³/mol. The predicted octanol–water partition coefficient (Wildman–Crippen LogP) is 13.0. The lowest BCUT2D eigenvalue weighted by Crippen LogP contribution is -2.31. The van der Waals surface area contributed by atoms with Crippen LogP contribution in [0.5, 0.6) is 0 Å². The number of thioether (sulfide) groups is 3. The van der Waals surface area contributed by atoms with Crippen LogP contribution in [-0.2, 0) is 0 Å². The Hall–Kier alpha value is -1.33. The average Bonchev–Trinajstić information content (AvgIpc) is 3.04. The van der Waals surface area contributed by atoms with E-state index in [-0.39, 0.29) is 22.3 Å². The summed E-state index contributed by atoms with van der Waals surface area (Å²) in [5.41, 5.74) is 5.12. The fraction of sp³-hybridized carbons (Fsp3) is 0.167. The molecule has 0 bridgehead atoms. The van der Waals surface area contributed by atoms with E-state index in [4.69, 9.17) is 33.2 Å². The van der Waals surface area contributed by atoms with Gasteiger partial charge < -0.3 is 10.0 Å². The Balaban J connectivity index is 0.000000740. The van der Waals surface area contributed by atoms with Gasteiger partial charge in [0.15, 0.2) is 0 Å².